The zero-order valence-electron chi connectivity index (χ0n) is 14.4. The topological polar surface area (TPSA) is 32.7 Å². The maximum Gasteiger partial charge on any atom is 0.0706 e. The molecule has 22 heavy (non-hydrogen) atoms. The van der Waals surface area contributed by atoms with Crippen LogP contribution in [0.3, 0.4) is 0 Å². The second-order valence-electron chi connectivity index (χ2n) is 8.18. The largest absolute Gasteiger partial charge is 0.390 e. The second-order valence-corrected chi connectivity index (χ2v) is 8.18. The third kappa shape index (κ3) is 4.04. The average molecular weight is 309 g/mol. The summed E-state index contributed by atoms with van der Waals surface area (Å²) in [5.41, 5.74) is -0.534. The lowest BCUT2D eigenvalue weighted by Crippen LogP contribution is -2.52. The molecule has 0 bridgehead atoms. The number of hydrogen-bond acceptors (Lipinski definition) is 3. The minimum absolute atomic E-state index is 0.304. The quantitative estimate of drug-likeness (QED) is 0.805. The van der Waals surface area contributed by atoms with E-state index in [9.17, 15) is 5.11 Å². The number of ether oxygens (including phenoxy) is 1. The van der Waals surface area contributed by atoms with Crippen molar-refractivity contribution in [3.8, 4) is 0 Å². The Bertz CT molecular complexity index is 336. The van der Waals surface area contributed by atoms with Gasteiger partial charge >= 0.3 is 0 Å². The lowest BCUT2D eigenvalue weighted by Gasteiger charge is -2.43. The number of likely N-dealkylation sites (tertiary alicyclic amines) is 1. The van der Waals surface area contributed by atoms with Gasteiger partial charge in [0, 0.05) is 18.6 Å². The summed E-state index contributed by atoms with van der Waals surface area (Å²) in [6.07, 6.45) is 13.4. The van der Waals surface area contributed by atoms with E-state index in [1.165, 1.54) is 70.9 Å². The summed E-state index contributed by atoms with van der Waals surface area (Å²) in [4.78, 5) is 2.68. The smallest absolute Gasteiger partial charge is 0.0706 e. The molecule has 3 fully saturated rings. The highest BCUT2D eigenvalue weighted by atomic mass is 16.5. The predicted octanol–water partition coefficient (Wildman–Crippen LogP) is 3.60. The minimum atomic E-state index is -0.534. The predicted molar refractivity (Wildman–Crippen MR) is 90.0 cm³/mol. The monoisotopic (exact) mass is 309 g/mol. The highest BCUT2D eigenvalue weighted by Gasteiger charge is 2.43. The molecule has 3 rings (SSSR count). The van der Waals surface area contributed by atoms with Crippen LogP contribution in [0.15, 0.2) is 0 Å². The molecule has 2 aliphatic heterocycles. The Labute approximate surface area is 136 Å². The van der Waals surface area contributed by atoms with Crippen molar-refractivity contribution in [1.82, 2.24) is 4.90 Å². The molecule has 2 heterocycles. The first-order valence-corrected chi connectivity index (χ1v) is 9.71. The van der Waals surface area contributed by atoms with Crippen LogP contribution in [0.25, 0.3) is 0 Å². The molecular formula is C19H35NO2. The van der Waals surface area contributed by atoms with Gasteiger partial charge in [0.15, 0.2) is 0 Å². The van der Waals surface area contributed by atoms with Gasteiger partial charge in [0.25, 0.3) is 0 Å². The van der Waals surface area contributed by atoms with Crippen molar-refractivity contribution in [3.05, 3.63) is 0 Å². The van der Waals surface area contributed by atoms with Crippen molar-refractivity contribution < 1.29 is 9.84 Å². The number of rotatable bonds is 4. The summed E-state index contributed by atoms with van der Waals surface area (Å²) in [5.74, 6) is 1.25. The molecule has 128 valence electrons. The summed E-state index contributed by atoms with van der Waals surface area (Å²) in [7, 11) is 0. The molecule has 2 saturated heterocycles. The van der Waals surface area contributed by atoms with Gasteiger partial charge in [0.05, 0.1) is 12.2 Å². The number of aliphatic hydroxyl groups is 1. The van der Waals surface area contributed by atoms with E-state index >= 15 is 0 Å². The summed E-state index contributed by atoms with van der Waals surface area (Å²) >= 11 is 0. The number of hydrogen-bond donors (Lipinski definition) is 1. The molecule has 1 saturated carbocycles. The summed E-state index contributed by atoms with van der Waals surface area (Å²) < 4.78 is 5.70. The Kier molecular flexibility index (Phi) is 5.80. The molecule has 3 atom stereocenters. The minimum Gasteiger partial charge on any atom is -0.390 e. The molecule has 0 radical (unpaired) electrons. The highest BCUT2D eigenvalue weighted by molar-refractivity contribution is 4.96. The molecular weight excluding hydrogens is 274 g/mol. The van der Waals surface area contributed by atoms with Crippen LogP contribution in [-0.4, -0.2) is 48.0 Å². The lowest BCUT2D eigenvalue weighted by atomic mass is 9.79. The molecule has 3 heteroatoms. The van der Waals surface area contributed by atoms with Gasteiger partial charge in [-0.05, 0) is 51.6 Å². The van der Waals surface area contributed by atoms with Crippen molar-refractivity contribution in [2.75, 3.05) is 26.3 Å². The van der Waals surface area contributed by atoms with Gasteiger partial charge in [-0.1, -0.05) is 38.5 Å². The van der Waals surface area contributed by atoms with Crippen molar-refractivity contribution in [3.63, 3.8) is 0 Å². The van der Waals surface area contributed by atoms with E-state index in [1.807, 2.05) is 6.92 Å². The van der Waals surface area contributed by atoms with Crippen LogP contribution >= 0.6 is 0 Å². The Balaban J connectivity index is 1.53. The highest BCUT2D eigenvalue weighted by Crippen LogP contribution is 2.36. The van der Waals surface area contributed by atoms with Crippen molar-refractivity contribution in [2.24, 2.45) is 11.8 Å². The second kappa shape index (κ2) is 7.63. The Morgan fingerprint density at radius 3 is 2.59 bits per heavy atom. The molecule has 0 aromatic carbocycles. The molecule has 0 aromatic heterocycles. The Morgan fingerprint density at radius 2 is 1.86 bits per heavy atom. The first-order valence-electron chi connectivity index (χ1n) is 9.71. The van der Waals surface area contributed by atoms with Crippen LogP contribution in [0, 0.1) is 11.8 Å². The SMILES string of the molecule is CC1(O)CCOCC1C1CCCN1CCC1CCCCCC1. The zero-order valence-corrected chi connectivity index (χ0v) is 14.4. The molecule has 3 unspecified atom stereocenters. The standard InChI is InChI=1S/C19H35NO2/c1-19(21)11-14-22-15-17(19)18-9-6-12-20(18)13-10-16-7-4-2-3-5-8-16/h16-18,21H,2-15H2,1H3. The van der Waals surface area contributed by atoms with E-state index in [-0.39, 0.29) is 0 Å². The molecule has 0 aromatic rings. The fourth-order valence-electron chi connectivity index (χ4n) is 4.97. The van der Waals surface area contributed by atoms with Crippen LogP contribution in [-0.2, 0) is 4.74 Å². The van der Waals surface area contributed by atoms with E-state index in [2.05, 4.69) is 4.90 Å². The zero-order chi connectivity index (χ0) is 15.4. The van der Waals surface area contributed by atoms with Gasteiger partial charge in [-0.3, -0.25) is 4.90 Å². The fraction of sp³-hybridized carbons (Fsp3) is 1.00. The van der Waals surface area contributed by atoms with Gasteiger partial charge in [-0.25, -0.2) is 0 Å². The van der Waals surface area contributed by atoms with Crippen LogP contribution in [0.4, 0.5) is 0 Å². The van der Waals surface area contributed by atoms with Gasteiger partial charge in [-0.2, -0.15) is 0 Å². The van der Waals surface area contributed by atoms with Crippen molar-refractivity contribution >= 4 is 0 Å². The molecule has 3 aliphatic rings. The molecule has 1 aliphatic carbocycles. The Morgan fingerprint density at radius 1 is 1.09 bits per heavy atom. The van der Waals surface area contributed by atoms with Gasteiger partial charge in [0.1, 0.15) is 0 Å². The maximum atomic E-state index is 10.8. The maximum absolute atomic E-state index is 10.8. The molecule has 3 nitrogen and oxygen atoms in total. The first-order chi connectivity index (χ1) is 10.7. The van der Waals surface area contributed by atoms with Gasteiger partial charge in [0.2, 0.25) is 0 Å². The van der Waals surface area contributed by atoms with E-state index in [4.69, 9.17) is 4.74 Å². The van der Waals surface area contributed by atoms with Crippen molar-refractivity contribution in [2.45, 2.75) is 82.8 Å². The normalized spacial score (nSPS) is 39.0. The van der Waals surface area contributed by atoms with Crippen LogP contribution in [0.1, 0.15) is 71.1 Å². The van der Waals surface area contributed by atoms with Crippen molar-refractivity contribution in [1.29, 1.82) is 0 Å². The molecule has 0 amide bonds. The Hall–Kier alpha value is -0.120. The summed E-state index contributed by atoms with van der Waals surface area (Å²) in [5, 5.41) is 10.8. The van der Waals surface area contributed by atoms with E-state index in [0.717, 1.165) is 25.6 Å². The lowest BCUT2D eigenvalue weighted by molar-refractivity contribution is -0.123. The summed E-state index contributed by atoms with van der Waals surface area (Å²) in [6.45, 7) is 5.96. The van der Waals surface area contributed by atoms with E-state index in [1.54, 1.807) is 0 Å². The fourth-order valence-corrected chi connectivity index (χ4v) is 4.97. The first kappa shape index (κ1) is 16.7. The average Bonchev–Trinajstić information content (AvgIpc) is 2.79. The molecule has 0 spiro atoms. The number of nitrogens with zero attached hydrogens (tertiary/aromatic N) is 1. The third-order valence-corrected chi connectivity index (χ3v) is 6.53. The summed E-state index contributed by atoms with van der Waals surface area (Å²) in [6, 6.07) is 0.543. The van der Waals surface area contributed by atoms with Gasteiger partial charge in [-0.15, -0.1) is 0 Å². The van der Waals surface area contributed by atoms with E-state index < -0.39 is 5.60 Å². The van der Waals surface area contributed by atoms with Crippen LogP contribution in [0.2, 0.25) is 0 Å². The van der Waals surface area contributed by atoms with Crippen LogP contribution < -0.4 is 0 Å². The van der Waals surface area contributed by atoms with E-state index in [0.29, 0.717) is 12.0 Å². The van der Waals surface area contributed by atoms with Crippen LogP contribution in [0.5, 0.6) is 0 Å². The molecule has 1 N–H and O–H groups in total. The van der Waals surface area contributed by atoms with Gasteiger partial charge < -0.3 is 9.84 Å². The third-order valence-electron chi connectivity index (χ3n) is 6.53.